The molecule has 3 aromatic rings. The van der Waals surface area contributed by atoms with E-state index in [9.17, 15) is 13.2 Å². The molecule has 108 valence electrons. The van der Waals surface area contributed by atoms with Gasteiger partial charge in [0.1, 0.15) is 0 Å². The van der Waals surface area contributed by atoms with Gasteiger partial charge in [0.05, 0.1) is 15.9 Å². The fourth-order valence-corrected chi connectivity index (χ4v) is 3.58. The normalized spacial score (nSPS) is 11.9. The molecule has 0 bridgehead atoms. The first-order valence-electron chi connectivity index (χ1n) is 6.23. The van der Waals surface area contributed by atoms with Crippen molar-refractivity contribution in [1.82, 2.24) is 8.96 Å². The standard InChI is InChI=1S/C14H13N3O3S/c1-9-7-12-13(8-11(9)15)17(14(18)16-12)21(19,20)10-5-3-2-4-6-10/h2-8H,15H2,1H3,(H,16,18). The number of hydrogen-bond acceptors (Lipinski definition) is 4. The number of H-pyrrole nitrogens is 1. The number of aromatic nitrogens is 2. The molecule has 1 heterocycles. The van der Waals surface area contributed by atoms with E-state index in [1.54, 1.807) is 31.2 Å². The first-order chi connectivity index (χ1) is 9.91. The smallest absolute Gasteiger partial charge is 0.340 e. The number of rotatable bonds is 2. The van der Waals surface area contributed by atoms with Gasteiger partial charge in [0.25, 0.3) is 10.0 Å². The van der Waals surface area contributed by atoms with Crippen LogP contribution >= 0.6 is 0 Å². The molecule has 3 N–H and O–H groups in total. The third kappa shape index (κ3) is 2.02. The van der Waals surface area contributed by atoms with Gasteiger partial charge in [0.15, 0.2) is 0 Å². The fraction of sp³-hybridized carbons (Fsp3) is 0.0714. The maximum absolute atomic E-state index is 12.6. The molecule has 0 amide bonds. The van der Waals surface area contributed by atoms with E-state index in [4.69, 9.17) is 5.73 Å². The van der Waals surface area contributed by atoms with Crippen LogP contribution in [0.1, 0.15) is 5.56 Å². The number of fused-ring (bicyclic) bond motifs is 1. The maximum Gasteiger partial charge on any atom is 0.340 e. The first kappa shape index (κ1) is 13.4. The summed E-state index contributed by atoms with van der Waals surface area (Å²) in [6.07, 6.45) is 0. The van der Waals surface area contributed by atoms with Gasteiger partial charge >= 0.3 is 5.69 Å². The second kappa shape index (κ2) is 4.49. The minimum atomic E-state index is -3.97. The van der Waals surface area contributed by atoms with Gasteiger partial charge in [0.2, 0.25) is 0 Å². The molecule has 0 atom stereocenters. The van der Waals surface area contributed by atoms with Gasteiger partial charge < -0.3 is 10.7 Å². The Bertz CT molecular complexity index is 985. The van der Waals surface area contributed by atoms with Crippen molar-refractivity contribution in [3.63, 3.8) is 0 Å². The summed E-state index contributed by atoms with van der Waals surface area (Å²) < 4.78 is 26.0. The number of imidazole rings is 1. The maximum atomic E-state index is 12.6. The lowest BCUT2D eigenvalue weighted by Gasteiger charge is -2.06. The van der Waals surface area contributed by atoms with E-state index in [0.717, 1.165) is 9.54 Å². The summed E-state index contributed by atoms with van der Waals surface area (Å²) in [6.45, 7) is 1.79. The van der Waals surface area contributed by atoms with Crippen molar-refractivity contribution in [3.05, 3.63) is 58.5 Å². The zero-order valence-corrected chi connectivity index (χ0v) is 12.0. The summed E-state index contributed by atoms with van der Waals surface area (Å²) >= 11 is 0. The SMILES string of the molecule is Cc1cc2[nH]c(=O)n(S(=O)(=O)c3ccccc3)c2cc1N. The van der Waals surface area contributed by atoms with Crippen molar-refractivity contribution in [2.45, 2.75) is 11.8 Å². The van der Waals surface area contributed by atoms with Gasteiger partial charge in [-0.2, -0.15) is 3.97 Å². The van der Waals surface area contributed by atoms with Gasteiger partial charge in [-0.1, -0.05) is 18.2 Å². The van der Waals surface area contributed by atoms with Gasteiger partial charge in [-0.05, 0) is 36.8 Å². The molecule has 6 nitrogen and oxygen atoms in total. The number of aryl methyl sites for hydroxylation is 1. The largest absolute Gasteiger partial charge is 0.398 e. The molecule has 21 heavy (non-hydrogen) atoms. The van der Waals surface area contributed by atoms with Crippen molar-refractivity contribution >= 4 is 26.7 Å². The Morgan fingerprint density at radius 2 is 1.81 bits per heavy atom. The van der Waals surface area contributed by atoms with Gasteiger partial charge in [-0.3, -0.25) is 0 Å². The van der Waals surface area contributed by atoms with Crippen LogP contribution in [-0.2, 0) is 10.0 Å². The lowest BCUT2D eigenvalue weighted by atomic mass is 10.2. The average molecular weight is 303 g/mol. The number of benzene rings is 2. The Kier molecular flexibility index (Phi) is 2.87. The van der Waals surface area contributed by atoms with Crippen LogP contribution in [0.4, 0.5) is 5.69 Å². The molecule has 2 aromatic carbocycles. The molecule has 0 spiro atoms. The number of nitrogen functional groups attached to an aromatic ring is 1. The molecular weight excluding hydrogens is 290 g/mol. The molecule has 0 aliphatic carbocycles. The number of anilines is 1. The van der Waals surface area contributed by atoms with Crippen molar-refractivity contribution < 1.29 is 8.42 Å². The van der Waals surface area contributed by atoms with Crippen LogP contribution in [0.2, 0.25) is 0 Å². The molecule has 0 aliphatic heterocycles. The minimum absolute atomic E-state index is 0.0483. The quantitative estimate of drug-likeness (QED) is 0.700. The minimum Gasteiger partial charge on any atom is -0.398 e. The van der Waals surface area contributed by atoms with E-state index in [1.807, 2.05) is 0 Å². The molecule has 0 saturated carbocycles. The highest BCUT2D eigenvalue weighted by molar-refractivity contribution is 7.90. The first-order valence-corrected chi connectivity index (χ1v) is 7.67. The summed E-state index contributed by atoms with van der Waals surface area (Å²) in [5.74, 6) is 0. The van der Waals surface area contributed by atoms with Crippen LogP contribution in [0, 0.1) is 6.92 Å². The highest BCUT2D eigenvalue weighted by Gasteiger charge is 2.22. The van der Waals surface area contributed by atoms with E-state index in [1.165, 1.54) is 18.2 Å². The Hall–Kier alpha value is -2.54. The van der Waals surface area contributed by atoms with E-state index < -0.39 is 15.7 Å². The van der Waals surface area contributed by atoms with Crippen molar-refractivity contribution in [2.75, 3.05) is 5.73 Å². The number of aromatic amines is 1. The van der Waals surface area contributed by atoms with Crippen LogP contribution in [0.15, 0.2) is 52.2 Å². The molecule has 0 unspecified atom stereocenters. The van der Waals surface area contributed by atoms with Gasteiger partial charge in [0, 0.05) is 5.69 Å². The lowest BCUT2D eigenvalue weighted by molar-refractivity contribution is 0.587. The third-order valence-electron chi connectivity index (χ3n) is 3.31. The Morgan fingerprint density at radius 1 is 1.14 bits per heavy atom. The molecule has 0 fully saturated rings. The summed E-state index contributed by atoms with van der Waals surface area (Å²) in [7, 11) is -3.97. The summed E-state index contributed by atoms with van der Waals surface area (Å²) in [4.78, 5) is 14.7. The number of nitrogens with zero attached hydrogens (tertiary/aromatic N) is 1. The Balaban J connectivity index is 2.38. The van der Waals surface area contributed by atoms with Crippen molar-refractivity contribution in [3.8, 4) is 0 Å². The third-order valence-corrected chi connectivity index (χ3v) is 5.02. The Labute approximate surface area is 120 Å². The predicted molar refractivity (Wildman–Crippen MR) is 80.7 cm³/mol. The predicted octanol–water partition coefficient (Wildman–Crippen LogP) is 1.46. The van der Waals surface area contributed by atoms with Gasteiger partial charge in [-0.15, -0.1) is 0 Å². The number of nitrogens with one attached hydrogen (secondary N) is 1. The van der Waals surface area contributed by atoms with Crippen LogP contribution in [0.3, 0.4) is 0 Å². The van der Waals surface area contributed by atoms with E-state index >= 15 is 0 Å². The van der Waals surface area contributed by atoms with Gasteiger partial charge in [-0.25, -0.2) is 13.2 Å². The zero-order valence-electron chi connectivity index (χ0n) is 11.2. The topological polar surface area (TPSA) is 98.0 Å². The second-order valence-corrected chi connectivity index (χ2v) is 6.53. The molecule has 0 saturated heterocycles. The van der Waals surface area contributed by atoms with Crippen LogP contribution < -0.4 is 11.4 Å². The van der Waals surface area contributed by atoms with E-state index in [-0.39, 0.29) is 10.4 Å². The molecule has 1 aromatic heterocycles. The number of hydrogen-bond donors (Lipinski definition) is 2. The van der Waals surface area contributed by atoms with Crippen molar-refractivity contribution in [2.24, 2.45) is 0 Å². The summed E-state index contributed by atoms with van der Waals surface area (Å²) in [6, 6.07) is 10.9. The second-order valence-electron chi connectivity index (χ2n) is 4.74. The molecule has 7 heteroatoms. The van der Waals surface area contributed by atoms with E-state index in [2.05, 4.69) is 4.98 Å². The fourth-order valence-electron chi connectivity index (χ4n) is 2.19. The molecule has 0 radical (unpaired) electrons. The highest BCUT2D eigenvalue weighted by atomic mass is 32.2. The lowest BCUT2D eigenvalue weighted by Crippen LogP contribution is -2.25. The average Bonchev–Trinajstić information content (AvgIpc) is 2.76. The van der Waals surface area contributed by atoms with Crippen LogP contribution in [-0.4, -0.2) is 17.4 Å². The van der Waals surface area contributed by atoms with E-state index in [0.29, 0.717) is 11.2 Å². The summed E-state index contributed by atoms with van der Waals surface area (Å²) in [5.41, 5.74) is 6.99. The monoisotopic (exact) mass is 303 g/mol. The molecule has 0 aliphatic rings. The Morgan fingerprint density at radius 3 is 2.48 bits per heavy atom. The van der Waals surface area contributed by atoms with Crippen LogP contribution in [0.5, 0.6) is 0 Å². The van der Waals surface area contributed by atoms with Crippen LogP contribution in [0.25, 0.3) is 11.0 Å². The number of nitrogens with two attached hydrogens (primary N) is 1. The van der Waals surface area contributed by atoms with Crippen molar-refractivity contribution in [1.29, 1.82) is 0 Å². The highest BCUT2D eigenvalue weighted by Crippen LogP contribution is 2.22. The molecule has 3 rings (SSSR count). The summed E-state index contributed by atoms with van der Waals surface area (Å²) in [5, 5.41) is 0. The zero-order chi connectivity index (χ0) is 15.2. The molecular formula is C14H13N3O3S.